The molecule has 3 aliphatic rings. The van der Waals surface area contributed by atoms with Crippen LogP contribution in [0.15, 0.2) is 53.4 Å². The minimum atomic E-state index is -2.17. The highest BCUT2D eigenvalue weighted by Gasteiger charge is 2.47. The van der Waals surface area contributed by atoms with Crippen molar-refractivity contribution in [2.45, 2.75) is 93.5 Å². The average Bonchev–Trinajstić information content (AvgIpc) is 2.90. The number of amidine groups is 1. The molecule has 0 radical (unpaired) electrons. The predicted molar refractivity (Wildman–Crippen MR) is 166 cm³/mol. The molecule has 2 aliphatic heterocycles. The molecule has 232 valence electrons. The highest BCUT2D eigenvalue weighted by Crippen LogP contribution is 2.48. The Bertz CT molecular complexity index is 1050. The first-order chi connectivity index (χ1) is 19.4. The standard InChI is InChI=1S/C19H27N3.C7H8FNO2.C2H4F2.2C2H6/c1-5-16-8-6-9-17(14(2)20-4)18(16)21-15(3)22-12-19(13-22)10-7-11-19;1-4-2-3-5(8)9-6(4)7(10)11;1-2(3)4;2*1-2/h6,8-9,20H,2,5,7,10-13H2,1,3-4H3;2-3,6,9H,1H3,(H,10,11);2H,1H3;2*1-2H3. The molecule has 2 heterocycles. The number of likely N-dealkylation sites (tertiary alicyclic amines) is 1. The number of aryl methyl sites for hydroxylation is 1. The molecule has 41 heavy (non-hydrogen) atoms. The molecule has 0 aromatic heterocycles. The summed E-state index contributed by atoms with van der Waals surface area (Å²) < 4.78 is 33.1. The number of carboxylic acid groups (broad SMARTS) is 1. The van der Waals surface area contributed by atoms with Crippen LogP contribution in [0.4, 0.5) is 18.9 Å². The normalized spacial score (nSPS) is 17.9. The molecular formula is C32H51F3N4O2. The van der Waals surface area contributed by atoms with Gasteiger partial charge in [0.2, 0.25) is 6.43 Å². The molecule has 9 heteroatoms. The smallest absolute Gasteiger partial charge is 0.330 e. The molecule has 0 bridgehead atoms. The zero-order valence-electron chi connectivity index (χ0n) is 26.4. The fourth-order valence-electron chi connectivity index (χ4n) is 4.46. The average molecular weight is 581 g/mol. The number of carbonyl (C=O) groups is 1. The van der Waals surface area contributed by atoms with Crippen molar-refractivity contribution in [3.8, 4) is 0 Å². The molecule has 4 rings (SSSR count). The van der Waals surface area contributed by atoms with Crippen LogP contribution in [0.25, 0.3) is 5.70 Å². The Labute approximate surface area is 245 Å². The van der Waals surface area contributed by atoms with Crippen LogP contribution in [0.5, 0.6) is 0 Å². The van der Waals surface area contributed by atoms with Gasteiger partial charge >= 0.3 is 5.97 Å². The maximum atomic E-state index is 12.4. The van der Waals surface area contributed by atoms with Gasteiger partial charge in [0, 0.05) is 36.8 Å². The molecule has 1 unspecified atom stereocenters. The monoisotopic (exact) mass is 580 g/mol. The van der Waals surface area contributed by atoms with Gasteiger partial charge in [-0.1, -0.05) is 71.9 Å². The number of nitrogens with one attached hydrogen (secondary N) is 2. The van der Waals surface area contributed by atoms with Crippen molar-refractivity contribution in [2.75, 3.05) is 20.1 Å². The van der Waals surface area contributed by atoms with Crippen molar-refractivity contribution < 1.29 is 23.1 Å². The first-order valence-corrected chi connectivity index (χ1v) is 14.5. The van der Waals surface area contributed by atoms with Gasteiger partial charge < -0.3 is 20.6 Å². The van der Waals surface area contributed by atoms with Crippen molar-refractivity contribution in [3.63, 3.8) is 0 Å². The van der Waals surface area contributed by atoms with E-state index in [4.69, 9.17) is 10.1 Å². The van der Waals surface area contributed by atoms with E-state index in [1.165, 1.54) is 50.1 Å². The summed E-state index contributed by atoms with van der Waals surface area (Å²) in [7, 11) is 1.91. The number of alkyl halides is 2. The van der Waals surface area contributed by atoms with E-state index in [1.807, 2.05) is 34.7 Å². The summed E-state index contributed by atoms with van der Waals surface area (Å²) in [5.41, 5.74) is 5.64. The molecule has 6 nitrogen and oxygen atoms in total. The zero-order chi connectivity index (χ0) is 31.8. The number of halogens is 3. The van der Waals surface area contributed by atoms with E-state index < -0.39 is 24.4 Å². The van der Waals surface area contributed by atoms with Gasteiger partial charge in [0.1, 0.15) is 11.9 Å². The zero-order valence-corrected chi connectivity index (χ0v) is 26.4. The molecule has 1 atom stereocenters. The number of aliphatic imine (C=N–C) groups is 1. The summed E-state index contributed by atoms with van der Waals surface area (Å²) in [6.45, 7) is 21.3. The minimum Gasteiger partial charge on any atom is -0.479 e. The Balaban J connectivity index is 0.000000705. The second kappa shape index (κ2) is 19.0. The van der Waals surface area contributed by atoms with Crippen molar-refractivity contribution >= 4 is 23.2 Å². The van der Waals surface area contributed by atoms with Gasteiger partial charge in [0.05, 0.1) is 5.69 Å². The number of rotatable bonds is 5. The van der Waals surface area contributed by atoms with E-state index >= 15 is 0 Å². The van der Waals surface area contributed by atoms with Crippen molar-refractivity contribution in [1.29, 1.82) is 0 Å². The topological polar surface area (TPSA) is 77.0 Å². The van der Waals surface area contributed by atoms with Gasteiger partial charge in [0.15, 0.2) is 5.95 Å². The van der Waals surface area contributed by atoms with Gasteiger partial charge in [-0.15, -0.1) is 0 Å². The lowest BCUT2D eigenvalue weighted by Crippen LogP contribution is -2.60. The van der Waals surface area contributed by atoms with Gasteiger partial charge in [-0.05, 0) is 57.2 Å². The lowest BCUT2D eigenvalue weighted by molar-refractivity contribution is -0.138. The number of para-hydroxylation sites is 1. The second-order valence-electron chi connectivity index (χ2n) is 9.62. The number of carboxylic acids is 1. The van der Waals surface area contributed by atoms with Crippen LogP contribution < -0.4 is 10.6 Å². The second-order valence-corrected chi connectivity index (χ2v) is 9.62. The first kappa shape index (κ1) is 37.8. The van der Waals surface area contributed by atoms with Crippen LogP contribution in [0, 0.1) is 5.41 Å². The lowest BCUT2D eigenvalue weighted by atomic mass is 9.63. The summed E-state index contributed by atoms with van der Waals surface area (Å²) in [4.78, 5) is 17.8. The number of dihydropyridines is 1. The van der Waals surface area contributed by atoms with Crippen LogP contribution >= 0.6 is 0 Å². The van der Waals surface area contributed by atoms with E-state index in [2.05, 4.69) is 54.2 Å². The minimum absolute atomic E-state index is 0.596. The van der Waals surface area contributed by atoms with Crippen LogP contribution in [0.3, 0.4) is 0 Å². The van der Waals surface area contributed by atoms with Crippen molar-refractivity contribution in [2.24, 2.45) is 10.4 Å². The Morgan fingerprint density at radius 1 is 1.22 bits per heavy atom. The number of nitrogens with zero attached hydrogens (tertiary/aromatic N) is 2. The number of benzene rings is 1. The Hall–Kier alpha value is -3.23. The third-order valence-corrected chi connectivity index (χ3v) is 6.80. The highest BCUT2D eigenvalue weighted by molar-refractivity contribution is 5.86. The van der Waals surface area contributed by atoms with Crippen molar-refractivity contribution in [3.05, 3.63) is 59.6 Å². The highest BCUT2D eigenvalue weighted by atomic mass is 19.3. The molecule has 1 saturated heterocycles. The number of allylic oxidation sites excluding steroid dienone is 2. The van der Waals surface area contributed by atoms with Gasteiger partial charge in [-0.25, -0.2) is 18.6 Å². The summed E-state index contributed by atoms with van der Waals surface area (Å²) in [5, 5.41) is 13.9. The molecule has 2 fully saturated rings. The van der Waals surface area contributed by atoms with Gasteiger partial charge in [-0.3, -0.25) is 0 Å². The van der Waals surface area contributed by atoms with Crippen LogP contribution in [-0.2, 0) is 11.2 Å². The predicted octanol–water partition coefficient (Wildman–Crippen LogP) is 8.10. The first-order valence-electron chi connectivity index (χ1n) is 14.5. The molecular weight excluding hydrogens is 529 g/mol. The summed E-state index contributed by atoms with van der Waals surface area (Å²) in [6.07, 6.45) is 5.70. The number of hydrogen-bond donors (Lipinski definition) is 3. The van der Waals surface area contributed by atoms with Crippen LogP contribution in [0.1, 0.15) is 85.8 Å². The maximum absolute atomic E-state index is 12.4. The molecule has 3 N–H and O–H groups in total. The summed E-state index contributed by atoms with van der Waals surface area (Å²) >= 11 is 0. The SMILES string of the molecule is C=C(NC)c1cccc(CC)c1N=C(C)N1CC2(CCC2)C1.CC.CC.CC(F)F.CC1=CC=C(F)NC1C(=O)O. The largest absolute Gasteiger partial charge is 0.479 e. The molecule has 1 saturated carbocycles. The van der Waals surface area contributed by atoms with Crippen LogP contribution in [-0.4, -0.2) is 54.4 Å². The fraction of sp³-hybridized carbons (Fsp3) is 0.562. The molecule has 1 aromatic rings. The Morgan fingerprint density at radius 2 is 1.78 bits per heavy atom. The molecule has 1 spiro atoms. The Morgan fingerprint density at radius 3 is 2.20 bits per heavy atom. The lowest BCUT2D eigenvalue weighted by Gasteiger charge is -2.56. The van der Waals surface area contributed by atoms with Gasteiger partial charge in [-0.2, -0.15) is 4.39 Å². The quantitative estimate of drug-likeness (QED) is 0.186. The van der Waals surface area contributed by atoms with E-state index in [0.29, 0.717) is 11.0 Å². The third-order valence-electron chi connectivity index (χ3n) is 6.80. The van der Waals surface area contributed by atoms with Gasteiger partial charge in [0.25, 0.3) is 0 Å². The maximum Gasteiger partial charge on any atom is 0.330 e. The molecule has 1 aromatic carbocycles. The summed E-state index contributed by atoms with van der Waals surface area (Å²) in [6, 6.07) is 5.45. The fourth-order valence-corrected chi connectivity index (χ4v) is 4.46. The van der Waals surface area contributed by atoms with E-state index in [9.17, 15) is 18.0 Å². The van der Waals surface area contributed by atoms with E-state index in [-0.39, 0.29) is 0 Å². The molecule has 1 aliphatic carbocycles. The third kappa shape index (κ3) is 11.7. The summed E-state index contributed by atoms with van der Waals surface area (Å²) in [5.74, 6) is -0.534. The van der Waals surface area contributed by atoms with E-state index in [1.54, 1.807) is 6.92 Å². The molecule has 0 amide bonds. The Kier molecular flexibility index (Phi) is 17.5. The van der Waals surface area contributed by atoms with Crippen LogP contribution in [0.2, 0.25) is 0 Å². The number of aliphatic carboxylic acids is 1. The van der Waals surface area contributed by atoms with E-state index in [0.717, 1.165) is 36.1 Å². The van der Waals surface area contributed by atoms with Crippen molar-refractivity contribution in [1.82, 2.24) is 15.5 Å². The number of hydrogen-bond acceptors (Lipinski definition) is 4.